The van der Waals surface area contributed by atoms with Crippen molar-refractivity contribution in [2.45, 2.75) is 6.04 Å². The number of ether oxygens (including phenoxy) is 3. The third kappa shape index (κ3) is 5.47. The van der Waals surface area contributed by atoms with Gasteiger partial charge in [0.1, 0.15) is 11.5 Å². The maximum absolute atomic E-state index is 12.4. The first kappa shape index (κ1) is 21.1. The summed E-state index contributed by atoms with van der Waals surface area (Å²) in [5, 5.41) is 9.41. The van der Waals surface area contributed by atoms with Gasteiger partial charge in [0.2, 0.25) is 0 Å². The molecule has 1 aliphatic rings. The summed E-state index contributed by atoms with van der Waals surface area (Å²) in [5.41, 5.74) is 1.52. The van der Waals surface area contributed by atoms with Gasteiger partial charge in [0.25, 0.3) is 0 Å². The monoisotopic (exact) mass is 419 g/mol. The highest BCUT2D eigenvalue weighted by Gasteiger charge is 2.25. The van der Waals surface area contributed by atoms with Crippen LogP contribution < -0.4 is 20.1 Å². The number of morpholine rings is 1. The summed E-state index contributed by atoms with van der Waals surface area (Å²) in [6.07, 6.45) is 0. The Hall–Kier alpha value is -2.62. The molecule has 2 heterocycles. The molecule has 2 N–H and O–H groups in total. The van der Waals surface area contributed by atoms with Crippen LogP contribution in [0, 0.1) is 0 Å². The molecular formula is C20H25N3O5S. The van der Waals surface area contributed by atoms with Crippen molar-refractivity contribution in [2.24, 2.45) is 0 Å². The third-order valence-corrected chi connectivity index (χ3v) is 5.43. The van der Waals surface area contributed by atoms with E-state index < -0.39 is 11.8 Å². The average molecular weight is 420 g/mol. The van der Waals surface area contributed by atoms with E-state index in [1.54, 1.807) is 36.6 Å². The number of anilines is 1. The van der Waals surface area contributed by atoms with Crippen LogP contribution in [0.1, 0.15) is 11.6 Å². The van der Waals surface area contributed by atoms with Crippen LogP contribution in [-0.2, 0) is 14.3 Å². The van der Waals surface area contributed by atoms with E-state index in [0.717, 1.165) is 18.7 Å². The first-order valence-electron chi connectivity index (χ1n) is 9.27. The molecule has 3 rings (SSSR count). The second-order valence-corrected chi connectivity index (χ2v) is 7.23. The lowest BCUT2D eigenvalue weighted by Crippen LogP contribution is -2.45. The molecule has 2 amide bonds. The van der Waals surface area contributed by atoms with E-state index in [1.165, 1.54) is 7.11 Å². The molecule has 1 saturated heterocycles. The number of hydrogen-bond acceptors (Lipinski definition) is 7. The highest BCUT2D eigenvalue weighted by atomic mass is 32.1. The zero-order chi connectivity index (χ0) is 20.6. The molecule has 1 aliphatic heterocycles. The SMILES string of the molecule is COc1ccc(NC(=O)C(=O)NC[C@@H](c2ccsc2)N2CCOCC2)c(OC)c1. The van der Waals surface area contributed by atoms with E-state index in [0.29, 0.717) is 36.9 Å². The lowest BCUT2D eigenvalue weighted by molar-refractivity contribution is -0.136. The molecule has 156 valence electrons. The van der Waals surface area contributed by atoms with Gasteiger partial charge in [0, 0.05) is 25.7 Å². The Morgan fingerprint density at radius 1 is 1.17 bits per heavy atom. The Kier molecular flexibility index (Phi) is 7.45. The van der Waals surface area contributed by atoms with Gasteiger partial charge in [-0.05, 0) is 34.5 Å². The first-order valence-corrected chi connectivity index (χ1v) is 10.2. The van der Waals surface area contributed by atoms with Gasteiger partial charge in [-0.1, -0.05) is 0 Å². The van der Waals surface area contributed by atoms with Gasteiger partial charge in [0.05, 0.1) is 39.2 Å². The van der Waals surface area contributed by atoms with Crippen molar-refractivity contribution in [3.8, 4) is 11.5 Å². The minimum atomic E-state index is -0.750. The molecule has 0 unspecified atom stereocenters. The maximum Gasteiger partial charge on any atom is 0.313 e. The van der Waals surface area contributed by atoms with E-state index in [1.807, 2.05) is 11.4 Å². The Morgan fingerprint density at radius 2 is 1.97 bits per heavy atom. The predicted molar refractivity (Wildman–Crippen MR) is 111 cm³/mol. The van der Waals surface area contributed by atoms with Crippen LogP contribution >= 0.6 is 11.3 Å². The zero-order valence-corrected chi connectivity index (χ0v) is 17.3. The summed E-state index contributed by atoms with van der Waals surface area (Å²) in [6, 6.07) is 6.99. The molecule has 0 radical (unpaired) electrons. The summed E-state index contributed by atoms with van der Waals surface area (Å²) in [5.74, 6) is -0.445. The van der Waals surface area contributed by atoms with E-state index in [-0.39, 0.29) is 6.04 Å². The maximum atomic E-state index is 12.4. The number of hydrogen-bond donors (Lipinski definition) is 2. The van der Waals surface area contributed by atoms with Crippen LogP contribution in [0.4, 0.5) is 5.69 Å². The molecule has 0 spiro atoms. The average Bonchev–Trinajstić information content (AvgIpc) is 3.29. The van der Waals surface area contributed by atoms with Crippen molar-refractivity contribution < 1.29 is 23.8 Å². The fourth-order valence-electron chi connectivity index (χ4n) is 3.16. The molecule has 2 aromatic rings. The van der Waals surface area contributed by atoms with Gasteiger partial charge in [-0.25, -0.2) is 0 Å². The fourth-order valence-corrected chi connectivity index (χ4v) is 3.87. The topological polar surface area (TPSA) is 89.1 Å². The second-order valence-electron chi connectivity index (χ2n) is 6.45. The molecule has 0 saturated carbocycles. The minimum Gasteiger partial charge on any atom is -0.497 e. The molecule has 1 aromatic carbocycles. The zero-order valence-electron chi connectivity index (χ0n) is 16.5. The number of thiophene rings is 1. The van der Waals surface area contributed by atoms with E-state index in [2.05, 4.69) is 20.9 Å². The van der Waals surface area contributed by atoms with Crippen molar-refractivity contribution in [3.05, 3.63) is 40.6 Å². The Labute approximate surface area is 173 Å². The lowest BCUT2D eigenvalue weighted by atomic mass is 10.1. The van der Waals surface area contributed by atoms with Crippen molar-refractivity contribution in [3.63, 3.8) is 0 Å². The van der Waals surface area contributed by atoms with Gasteiger partial charge in [0.15, 0.2) is 0 Å². The van der Waals surface area contributed by atoms with Crippen LogP contribution in [-0.4, -0.2) is 63.8 Å². The summed E-state index contributed by atoms with van der Waals surface area (Å²) < 4.78 is 15.8. The minimum absolute atomic E-state index is 0.00239. The lowest BCUT2D eigenvalue weighted by Gasteiger charge is -2.34. The second kappa shape index (κ2) is 10.2. The Morgan fingerprint density at radius 3 is 2.62 bits per heavy atom. The number of methoxy groups -OCH3 is 2. The predicted octanol–water partition coefficient (Wildman–Crippen LogP) is 1.89. The van der Waals surface area contributed by atoms with Crippen molar-refractivity contribution in [1.82, 2.24) is 10.2 Å². The molecule has 0 aliphatic carbocycles. The highest BCUT2D eigenvalue weighted by molar-refractivity contribution is 7.08. The fraction of sp³-hybridized carbons (Fsp3) is 0.400. The third-order valence-electron chi connectivity index (χ3n) is 4.73. The summed E-state index contributed by atoms with van der Waals surface area (Å²) in [7, 11) is 3.02. The number of carbonyl (C=O) groups is 2. The van der Waals surface area contributed by atoms with E-state index in [4.69, 9.17) is 14.2 Å². The van der Waals surface area contributed by atoms with Crippen molar-refractivity contribution in [2.75, 3.05) is 52.4 Å². The van der Waals surface area contributed by atoms with Crippen LogP contribution in [0.25, 0.3) is 0 Å². The number of rotatable bonds is 7. The largest absolute Gasteiger partial charge is 0.497 e. The molecule has 1 atom stereocenters. The first-order chi connectivity index (χ1) is 14.1. The molecule has 9 heteroatoms. The van der Waals surface area contributed by atoms with E-state index in [9.17, 15) is 9.59 Å². The molecule has 0 bridgehead atoms. The summed E-state index contributed by atoms with van der Waals surface area (Å²) in [6.45, 7) is 3.22. The quantitative estimate of drug-likeness (QED) is 0.667. The number of amides is 2. The molecule has 29 heavy (non-hydrogen) atoms. The Bertz CT molecular complexity index is 822. The van der Waals surface area contributed by atoms with Gasteiger partial charge in [-0.2, -0.15) is 11.3 Å². The molecular weight excluding hydrogens is 394 g/mol. The van der Waals surface area contributed by atoms with Crippen LogP contribution in [0.5, 0.6) is 11.5 Å². The van der Waals surface area contributed by atoms with Crippen LogP contribution in [0.2, 0.25) is 0 Å². The molecule has 1 fully saturated rings. The normalized spacial score (nSPS) is 15.4. The van der Waals surface area contributed by atoms with Crippen molar-refractivity contribution >= 4 is 28.8 Å². The van der Waals surface area contributed by atoms with Crippen molar-refractivity contribution in [1.29, 1.82) is 0 Å². The van der Waals surface area contributed by atoms with Gasteiger partial charge < -0.3 is 24.8 Å². The van der Waals surface area contributed by atoms with Gasteiger partial charge in [-0.3, -0.25) is 14.5 Å². The molecule has 1 aromatic heterocycles. The summed E-state index contributed by atoms with van der Waals surface area (Å²) >= 11 is 1.61. The van der Waals surface area contributed by atoms with Gasteiger partial charge >= 0.3 is 11.8 Å². The summed E-state index contributed by atoms with van der Waals surface area (Å²) in [4.78, 5) is 27.0. The van der Waals surface area contributed by atoms with Crippen LogP contribution in [0.3, 0.4) is 0 Å². The Balaban J connectivity index is 1.62. The van der Waals surface area contributed by atoms with E-state index >= 15 is 0 Å². The smallest absolute Gasteiger partial charge is 0.313 e. The number of nitrogens with zero attached hydrogens (tertiary/aromatic N) is 1. The van der Waals surface area contributed by atoms with Crippen LogP contribution in [0.15, 0.2) is 35.0 Å². The van der Waals surface area contributed by atoms with Gasteiger partial charge in [-0.15, -0.1) is 0 Å². The number of nitrogens with one attached hydrogen (secondary N) is 2. The number of benzene rings is 1. The highest BCUT2D eigenvalue weighted by Crippen LogP contribution is 2.29. The standard InChI is InChI=1S/C20H25N3O5S/c1-26-15-3-4-16(18(11-15)27-2)22-20(25)19(24)21-12-17(14-5-10-29-13-14)23-6-8-28-9-7-23/h3-5,10-11,13,17H,6-9,12H2,1-2H3,(H,21,24)(H,22,25)/t17-/m0/s1. The molecule has 8 nitrogen and oxygen atoms in total. The number of carbonyl (C=O) groups excluding carboxylic acids is 2.